The van der Waals surface area contributed by atoms with Crippen molar-refractivity contribution in [3.63, 3.8) is 0 Å². The lowest BCUT2D eigenvalue weighted by Gasteiger charge is -2.35. The molecule has 4 heteroatoms. The van der Waals surface area contributed by atoms with Crippen molar-refractivity contribution in [3.8, 4) is 0 Å². The Balaban J connectivity index is 2.54. The number of nitrogens with zero attached hydrogens (tertiary/aromatic N) is 1. The predicted octanol–water partition coefficient (Wildman–Crippen LogP) is 2.91. The van der Waals surface area contributed by atoms with E-state index in [2.05, 4.69) is 6.92 Å². The van der Waals surface area contributed by atoms with Crippen molar-refractivity contribution in [2.24, 2.45) is 11.3 Å². The zero-order chi connectivity index (χ0) is 14.6. The van der Waals surface area contributed by atoms with Crippen molar-refractivity contribution >= 4 is 11.9 Å². The summed E-state index contributed by atoms with van der Waals surface area (Å²) in [5.41, 5.74) is -0.475. The van der Waals surface area contributed by atoms with E-state index in [0.717, 1.165) is 12.8 Å². The zero-order valence-corrected chi connectivity index (χ0v) is 12.6. The van der Waals surface area contributed by atoms with E-state index in [1.54, 1.807) is 0 Å². The first kappa shape index (κ1) is 16.0. The third-order valence-electron chi connectivity index (χ3n) is 4.11. The number of carboxylic acids is 1. The minimum absolute atomic E-state index is 0.0354. The molecular weight excluding hydrogens is 242 g/mol. The van der Waals surface area contributed by atoms with E-state index in [0.29, 0.717) is 18.4 Å². The number of aliphatic carboxylic acids is 1. The number of hydrogen-bond donors (Lipinski definition) is 1. The molecule has 19 heavy (non-hydrogen) atoms. The van der Waals surface area contributed by atoms with Crippen molar-refractivity contribution in [1.29, 1.82) is 0 Å². The van der Waals surface area contributed by atoms with Gasteiger partial charge in [-0.1, -0.05) is 33.6 Å². The van der Waals surface area contributed by atoms with E-state index < -0.39 is 11.4 Å². The van der Waals surface area contributed by atoms with Gasteiger partial charge in [0.15, 0.2) is 0 Å². The molecule has 2 unspecified atom stereocenters. The van der Waals surface area contributed by atoms with Crippen LogP contribution < -0.4 is 0 Å². The van der Waals surface area contributed by atoms with Gasteiger partial charge < -0.3 is 10.0 Å². The number of amides is 1. The SMILES string of the molecule is CC1CCCC(N(C)C(=O)CC(C)(C)CC(=O)O)C1. The van der Waals surface area contributed by atoms with E-state index in [9.17, 15) is 9.59 Å². The van der Waals surface area contributed by atoms with Gasteiger partial charge in [-0.2, -0.15) is 0 Å². The maximum atomic E-state index is 12.3. The smallest absolute Gasteiger partial charge is 0.303 e. The highest BCUT2D eigenvalue weighted by molar-refractivity contribution is 5.78. The Morgan fingerprint density at radius 2 is 1.89 bits per heavy atom. The van der Waals surface area contributed by atoms with Crippen LogP contribution >= 0.6 is 0 Å². The van der Waals surface area contributed by atoms with Crippen molar-refractivity contribution in [2.75, 3.05) is 7.05 Å². The summed E-state index contributed by atoms with van der Waals surface area (Å²) in [4.78, 5) is 24.9. The van der Waals surface area contributed by atoms with Gasteiger partial charge in [-0.15, -0.1) is 0 Å². The van der Waals surface area contributed by atoms with E-state index in [4.69, 9.17) is 5.11 Å². The molecule has 1 N–H and O–H groups in total. The van der Waals surface area contributed by atoms with Crippen molar-refractivity contribution < 1.29 is 14.7 Å². The molecule has 1 fully saturated rings. The Bertz CT molecular complexity index is 338. The van der Waals surface area contributed by atoms with Gasteiger partial charge in [0.1, 0.15) is 0 Å². The Morgan fingerprint density at radius 1 is 1.26 bits per heavy atom. The average molecular weight is 269 g/mol. The number of carboxylic acid groups (broad SMARTS) is 1. The van der Waals surface area contributed by atoms with Gasteiger partial charge in [-0.25, -0.2) is 0 Å². The maximum Gasteiger partial charge on any atom is 0.303 e. The topological polar surface area (TPSA) is 57.6 Å². The van der Waals surface area contributed by atoms with Crippen LogP contribution in [0.4, 0.5) is 0 Å². The molecule has 0 aromatic heterocycles. The highest BCUT2D eigenvalue weighted by Gasteiger charge is 2.30. The molecule has 2 atom stereocenters. The Morgan fingerprint density at radius 3 is 2.42 bits per heavy atom. The third kappa shape index (κ3) is 5.21. The molecule has 0 aliphatic heterocycles. The first-order chi connectivity index (χ1) is 8.71. The highest BCUT2D eigenvalue weighted by Crippen LogP contribution is 2.30. The van der Waals surface area contributed by atoms with Crippen LogP contribution in [0.3, 0.4) is 0 Å². The van der Waals surface area contributed by atoms with Crippen molar-refractivity contribution in [2.45, 2.75) is 65.3 Å². The number of carbonyl (C=O) groups excluding carboxylic acids is 1. The van der Waals surface area contributed by atoms with Gasteiger partial charge in [0, 0.05) is 19.5 Å². The summed E-state index contributed by atoms with van der Waals surface area (Å²) >= 11 is 0. The maximum absolute atomic E-state index is 12.3. The lowest BCUT2D eigenvalue weighted by Crippen LogP contribution is -2.41. The quantitative estimate of drug-likeness (QED) is 0.835. The summed E-state index contributed by atoms with van der Waals surface area (Å²) in [5, 5.41) is 8.86. The minimum Gasteiger partial charge on any atom is -0.481 e. The number of rotatable bonds is 5. The summed E-state index contributed by atoms with van der Waals surface area (Å²) < 4.78 is 0. The molecule has 0 spiro atoms. The highest BCUT2D eigenvalue weighted by atomic mass is 16.4. The molecule has 110 valence electrons. The van der Waals surface area contributed by atoms with Gasteiger partial charge in [0.05, 0.1) is 6.42 Å². The fraction of sp³-hybridized carbons (Fsp3) is 0.867. The fourth-order valence-electron chi connectivity index (χ4n) is 2.96. The standard InChI is InChI=1S/C15H27NO3/c1-11-6-5-7-12(8-11)16(4)13(17)9-15(2,3)10-14(18)19/h11-12H,5-10H2,1-4H3,(H,18,19). The van der Waals surface area contributed by atoms with Crippen molar-refractivity contribution in [1.82, 2.24) is 4.90 Å². The van der Waals surface area contributed by atoms with Crippen LogP contribution in [-0.2, 0) is 9.59 Å². The van der Waals surface area contributed by atoms with E-state index in [1.807, 2.05) is 25.8 Å². The first-order valence-corrected chi connectivity index (χ1v) is 7.19. The Kier molecular flexibility index (Phi) is 5.39. The van der Waals surface area contributed by atoms with Crippen LogP contribution in [0.25, 0.3) is 0 Å². The van der Waals surface area contributed by atoms with E-state index in [-0.39, 0.29) is 12.3 Å². The van der Waals surface area contributed by atoms with Gasteiger partial charge >= 0.3 is 5.97 Å². The van der Waals surface area contributed by atoms with Gasteiger partial charge in [0.25, 0.3) is 0 Å². The summed E-state index contributed by atoms with van der Waals surface area (Å²) in [5.74, 6) is -0.0851. The Labute approximate surface area is 116 Å². The molecule has 0 bridgehead atoms. The molecule has 4 nitrogen and oxygen atoms in total. The summed E-state index contributed by atoms with van der Waals surface area (Å²) in [6.07, 6.45) is 4.92. The second-order valence-corrected chi connectivity index (χ2v) is 6.84. The fourth-order valence-corrected chi connectivity index (χ4v) is 2.96. The third-order valence-corrected chi connectivity index (χ3v) is 4.11. The molecule has 0 heterocycles. The summed E-state index contributed by atoms with van der Waals surface area (Å²) in [7, 11) is 1.86. The molecule has 1 aliphatic carbocycles. The predicted molar refractivity (Wildman–Crippen MR) is 74.8 cm³/mol. The Hall–Kier alpha value is -1.06. The van der Waals surface area contributed by atoms with Gasteiger partial charge in [0.2, 0.25) is 5.91 Å². The lowest BCUT2D eigenvalue weighted by molar-refractivity contribution is -0.141. The average Bonchev–Trinajstić information content (AvgIpc) is 2.25. The minimum atomic E-state index is -0.841. The molecule has 1 rings (SSSR count). The molecule has 0 radical (unpaired) electrons. The van der Waals surface area contributed by atoms with Crippen LogP contribution in [-0.4, -0.2) is 35.0 Å². The van der Waals surface area contributed by atoms with Crippen LogP contribution in [0.15, 0.2) is 0 Å². The summed E-state index contributed by atoms with van der Waals surface area (Å²) in [6, 6.07) is 0.330. The van der Waals surface area contributed by atoms with Crippen LogP contribution in [0.5, 0.6) is 0 Å². The molecule has 1 aliphatic rings. The largest absolute Gasteiger partial charge is 0.481 e. The summed E-state index contributed by atoms with van der Waals surface area (Å²) in [6.45, 7) is 5.92. The van der Waals surface area contributed by atoms with Gasteiger partial charge in [-0.05, 0) is 24.2 Å². The molecule has 1 amide bonds. The first-order valence-electron chi connectivity index (χ1n) is 7.19. The van der Waals surface area contributed by atoms with E-state index >= 15 is 0 Å². The monoisotopic (exact) mass is 269 g/mol. The number of hydrogen-bond acceptors (Lipinski definition) is 2. The van der Waals surface area contributed by atoms with Crippen LogP contribution in [0.2, 0.25) is 0 Å². The normalized spacial score (nSPS) is 24.0. The molecular formula is C15H27NO3. The number of carbonyl (C=O) groups is 2. The van der Waals surface area contributed by atoms with Gasteiger partial charge in [-0.3, -0.25) is 9.59 Å². The second kappa shape index (κ2) is 6.40. The molecule has 1 saturated carbocycles. The zero-order valence-electron chi connectivity index (χ0n) is 12.6. The molecule has 0 aromatic rings. The van der Waals surface area contributed by atoms with Crippen LogP contribution in [0.1, 0.15) is 59.3 Å². The second-order valence-electron chi connectivity index (χ2n) is 6.84. The van der Waals surface area contributed by atoms with E-state index in [1.165, 1.54) is 12.8 Å². The lowest BCUT2D eigenvalue weighted by atomic mass is 9.83. The van der Waals surface area contributed by atoms with Crippen LogP contribution in [0, 0.1) is 11.3 Å². The van der Waals surface area contributed by atoms with Crippen molar-refractivity contribution in [3.05, 3.63) is 0 Å². The molecule has 0 aromatic carbocycles. The molecule has 0 saturated heterocycles.